The molecular weight excluding hydrogens is 312 g/mol. The lowest BCUT2D eigenvalue weighted by Gasteiger charge is -2.45. The third-order valence-corrected chi connectivity index (χ3v) is 5.17. The van der Waals surface area contributed by atoms with Gasteiger partial charge in [0.15, 0.2) is 0 Å². The van der Waals surface area contributed by atoms with Crippen molar-refractivity contribution in [2.24, 2.45) is 11.8 Å². The molecule has 2 nitrogen and oxygen atoms in total. The molecule has 0 spiro atoms. The van der Waals surface area contributed by atoms with Crippen molar-refractivity contribution in [1.29, 1.82) is 0 Å². The van der Waals surface area contributed by atoms with Crippen LogP contribution < -0.4 is 10.2 Å². The Hall–Kier alpha value is -0.540. The van der Waals surface area contributed by atoms with Gasteiger partial charge in [-0.2, -0.15) is 0 Å². The Morgan fingerprint density at radius 1 is 1.25 bits per heavy atom. The molecule has 1 aliphatic rings. The molecule has 3 unspecified atom stereocenters. The number of nitrogens with one attached hydrogen (secondary N) is 1. The zero-order chi connectivity index (χ0) is 14.7. The summed E-state index contributed by atoms with van der Waals surface area (Å²) < 4.78 is 1.15. The number of hydrogen-bond acceptors (Lipinski definition) is 2. The number of benzene rings is 1. The SMILES string of the molecule is CCC(C)C1CN(c2ccc(Br)cc2)C(C(C)C)CN1. The van der Waals surface area contributed by atoms with Crippen LogP contribution in [0.15, 0.2) is 28.7 Å². The number of halogens is 1. The predicted molar refractivity (Wildman–Crippen MR) is 91.4 cm³/mol. The molecule has 20 heavy (non-hydrogen) atoms. The van der Waals surface area contributed by atoms with E-state index in [9.17, 15) is 0 Å². The Morgan fingerprint density at radius 3 is 2.45 bits per heavy atom. The molecule has 0 aromatic heterocycles. The van der Waals surface area contributed by atoms with E-state index in [1.807, 2.05) is 0 Å². The Kier molecular flexibility index (Phi) is 5.50. The number of nitrogens with zero attached hydrogens (tertiary/aromatic N) is 1. The van der Waals surface area contributed by atoms with Crippen molar-refractivity contribution in [1.82, 2.24) is 5.32 Å². The second-order valence-corrected chi connectivity index (χ2v) is 7.26. The standard InChI is InChI=1S/C17H27BrN2/c1-5-13(4)16-11-20(17(10-19-16)12(2)3)15-8-6-14(18)7-9-15/h6-9,12-13,16-17,19H,5,10-11H2,1-4H3. The molecule has 1 N–H and O–H groups in total. The van der Waals surface area contributed by atoms with Crippen molar-refractivity contribution < 1.29 is 0 Å². The van der Waals surface area contributed by atoms with Gasteiger partial charge in [-0.15, -0.1) is 0 Å². The summed E-state index contributed by atoms with van der Waals surface area (Å²) in [6.07, 6.45) is 1.23. The molecule has 1 saturated heterocycles. The molecule has 0 aliphatic carbocycles. The van der Waals surface area contributed by atoms with E-state index in [4.69, 9.17) is 0 Å². The summed E-state index contributed by atoms with van der Waals surface area (Å²) >= 11 is 3.53. The number of rotatable bonds is 4. The highest BCUT2D eigenvalue weighted by Crippen LogP contribution is 2.27. The molecule has 3 atom stereocenters. The Morgan fingerprint density at radius 2 is 1.90 bits per heavy atom. The van der Waals surface area contributed by atoms with Gasteiger partial charge in [-0.1, -0.05) is 50.0 Å². The smallest absolute Gasteiger partial charge is 0.0438 e. The van der Waals surface area contributed by atoms with Crippen LogP contribution in [0.5, 0.6) is 0 Å². The molecule has 1 aromatic carbocycles. The van der Waals surface area contributed by atoms with Crippen LogP contribution in [0, 0.1) is 11.8 Å². The summed E-state index contributed by atoms with van der Waals surface area (Å²) in [6.45, 7) is 11.5. The lowest BCUT2D eigenvalue weighted by Crippen LogP contribution is -2.60. The van der Waals surface area contributed by atoms with Crippen molar-refractivity contribution in [3.05, 3.63) is 28.7 Å². The van der Waals surface area contributed by atoms with Gasteiger partial charge in [0.2, 0.25) is 0 Å². The number of piperazine rings is 1. The normalized spacial score (nSPS) is 25.0. The highest BCUT2D eigenvalue weighted by molar-refractivity contribution is 9.10. The highest BCUT2D eigenvalue weighted by Gasteiger charge is 2.31. The van der Waals surface area contributed by atoms with Crippen LogP contribution in [0.2, 0.25) is 0 Å². The van der Waals surface area contributed by atoms with E-state index in [1.165, 1.54) is 12.1 Å². The number of hydrogen-bond donors (Lipinski definition) is 1. The van der Waals surface area contributed by atoms with Gasteiger partial charge < -0.3 is 10.2 Å². The van der Waals surface area contributed by atoms with Crippen LogP contribution in [-0.4, -0.2) is 25.2 Å². The molecule has 1 aromatic rings. The van der Waals surface area contributed by atoms with Gasteiger partial charge in [0, 0.05) is 35.3 Å². The minimum absolute atomic E-state index is 0.580. The van der Waals surface area contributed by atoms with Crippen molar-refractivity contribution in [3.63, 3.8) is 0 Å². The molecule has 0 radical (unpaired) electrons. The highest BCUT2D eigenvalue weighted by atomic mass is 79.9. The maximum Gasteiger partial charge on any atom is 0.0438 e. The van der Waals surface area contributed by atoms with Gasteiger partial charge in [-0.05, 0) is 36.1 Å². The monoisotopic (exact) mass is 338 g/mol. The third-order valence-electron chi connectivity index (χ3n) is 4.64. The summed E-state index contributed by atoms with van der Waals surface area (Å²) in [5, 5.41) is 3.76. The van der Waals surface area contributed by atoms with E-state index in [-0.39, 0.29) is 0 Å². The van der Waals surface area contributed by atoms with Gasteiger partial charge in [0.05, 0.1) is 0 Å². The molecule has 3 heteroatoms. The molecule has 0 amide bonds. The molecule has 1 heterocycles. The molecular formula is C17H27BrN2. The van der Waals surface area contributed by atoms with Crippen molar-refractivity contribution >= 4 is 21.6 Å². The molecule has 2 rings (SSSR count). The molecule has 1 fully saturated rings. The van der Waals surface area contributed by atoms with Crippen LogP contribution in [0.25, 0.3) is 0 Å². The zero-order valence-corrected chi connectivity index (χ0v) is 14.7. The third kappa shape index (κ3) is 3.56. The predicted octanol–water partition coefficient (Wildman–Crippen LogP) is 4.30. The van der Waals surface area contributed by atoms with Gasteiger partial charge in [0.25, 0.3) is 0 Å². The van der Waals surface area contributed by atoms with Gasteiger partial charge in [-0.3, -0.25) is 0 Å². The largest absolute Gasteiger partial charge is 0.365 e. The van der Waals surface area contributed by atoms with Crippen molar-refractivity contribution in [2.45, 2.75) is 46.2 Å². The average molecular weight is 339 g/mol. The summed E-state index contributed by atoms with van der Waals surface area (Å²) in [6, 6.07) is 9.94. The van der Waals surface area contributed by atoms with Gasteiger partial charge >= 0.3 is 0 Å². The van der Waals surface area contributed by atoms with E-state index in [1.54, 1.807) is 0 Å². The van der Waals surface area contributed by atoms with Crippen molar-refractivity contribution in [3.8, 4) is 0 Å². The van der Waals surface area contributed by atoms with E-state index in [0.29, 0.717) is 18.0 Å². The van der Waals surface area contributed by atoms with Crippen LogP contribution in [0.4, 0.5) is 5.69 Å². The summed E-state index contributed by atoms with van der Waals surface area (Å²) in [5.41, 5.74) is 1.35. The molecule has 112 valence electrons. The van der Waals surface area contributed by atoms with E-state index in [2.05, 4.69) is 78.1 Å². The minimum Gasteiger partial charge on any atom is -0.365 e. The second kappa shape index (κ2) is 6.95. The van der Waals surface area contributed by atoms with E-state index in [0.717, 1.165) is 23.5 Å². The molecule has 0 saturated carbocycles. The van der Waals surface area contributed by atoms with Crippen LogP contribution >= 0.6 is 15.9 Å². The molecule has 0 bridgehead atoms. The van der Waals surface area contributed by atoms with Crippen LogP contribution in [0.3, 0.4) is 0 Å². The van der Waals surface area contributed by atoms with E-state index >= 15 is 0 Å². The summed E-state index contributed by atoms with van der Waals surface area (Å²) in [4.78, 5) is 2.60. The first-order chi connectivity index (χ1) is 9.52. The molecule has 1 aliphatic heterocycles. The fourth-order valence-electron chi connectivity index (χ4n) is 2.98. The lowest BCUT2D eigenvalue weighted by atomic mass is 9.91. The second-order valence-electron chi connectivity index (χ2n) is 6.34. The van der Waals surface area contributed by atoms with Gasteiger partial charge in [-0.25, -0.2) is 0 Å². The Bertz CT molecular complexity index is 416. The summed E-state index contributed by atoms with van der Waals surface area (Å²) in [7, 11) is 0. The fourth-order valence-corrected chi connectivity index (χ4v) is 3.25. The first-order valence-electron chi connectivity index (χ1n) is 7.78. The summed E-state index contributed by atoms with van der Waals surface area (Å²) in [5.74, 6) is 1.38. The maximum atomic E-state index is 3.76. The Labute approximate surface area is 132 Å². The maximum absolute atomic E-state index is 3.76. The first-order valence-corrected chi connectivity index (χ1v) is 8.57. The van der Waals surface area contributed by atoms with Crippen LogP contribution in [0.1, 0.15) is 34.1 Å². The van der Waals surface area contributed by atoms with Crippen LogP contribution in [-0.2, 0) is 0 Å². The topological polar surface area (TPSA) is 15.3 Å². The Balaban J connectivity index is 2.20. The number of anilines is 1. The first kappa shape index (κ1) is 15.8. The lowest BCUT2D eigenvalue weighted by molar-refractivity contribution is 0.281. The zero-order valence-electron chi connectivity index (χ0n) is 13.1. The minimum atomic E-state index is 0.580. The van der Waals surface area contributed by atoms with E-state index < -0.39 is 0 Å². The fraction of sp³-hybridized carbons (Fsp3) is 0.647. The quantitative estimate of drug-likeness (QED) is 0.880. The van der Waals surface area contributed by atoms with Gasteiger partial charge in [0.1, 0.15) is 0 Å². The average Bonchev–Trinajstić information content (AvgIpc) is 2.46. The van der Waals surface area contributed by atoms with Crippen molar-refractivity contribution in [2.75, 3.05) is 18.0 Å².